The van der Waals surface area contributed by atoms with E-state index in [1.807, 2.05) is 18.2 Å². The van der Waals surface area contributed by atoms with Gasteiger partial charge in [-0.1, -0.05) is 37.9 Å². The molecule has 2 aromatic rings. The molecule has 1 unspecified atom stereocenters. The molecule has 0 amide bonds. The molecule has 0 saturated carbocycles. The molecule has 0 aliphatic rings. The van der Waals surface area contributed by atoms with E-state index in [4.69, 9.17) is 5.73 Å². The molecule has 0 heterocycles. The van der Waals surface area contributed by atoms with E-state index in [0.717, 1.165) is 20.1 Å². The van der Waals surface area contributed by atoms with Crippen molar-refractivity contribution in [3.63, 3.8) is 0 Å². The maximum Gasteiger partial charge on any atom is 0.137 e. The van der Waals surface area contributed by atoms with Gasteiger partial charge in [-0.2, -0.15) is 0 Å². The van der Waals surface area contributed by atoms with Crippen molar-refractivity contribution in [2.45, 2.75) is 12.5 Å². The summed E-state index contributed by atoms with van der Waals surface area (Å²) in [5.74, 6) is -0.262. The van der Waals surface area contributed by atoms with Crippen molar-refractivity contribution in [3.8, 4) is 0 Å². The molecule has 100 valence electrons. The molecule has 0 spiro atoms. The van der Waals surface area contributed by atoms with Crippen LogP contribution in [0.25, 0.3) is 0 Å². The van der Waals surface area contributed by atoms with E-state index in [2.05, 4.69) is 47.8 Å². The van der Waals surface area contributed by atoms with Gasteiger partial charge in [0.1, 0.15) is 5.82 Å². The lowest BCUT2D eigenvalue weighted by atomic mass is 10.00. The van der Waals surface area contributed by atoms with E-state index < -0.39 is 0 Å². The van der Waals surface area contributed by atoms with Gasteiger partial charge in [-0.15, -0.1) is 0 Å². The Morgan fingerprint density at radius 2 is 1.63 bits per heavy atom. The van der Waals surface area contributed by atoms with Crippen LogP contribution >= 0.6 is 47.8 Å². The van der Waals surface area contributed by atoms with Crippen molar-refractivity contribution >= 4 is 47.8 Å². The Balaban J connectivity index is 2.20. The summed E-state index contributed by atoms with van der Waals surface area (Å²) in [5, 5.41) is 0. The Labute approximate surface area is 136 Å². The normalized spacial score (nSPS) is 12.5. The predicted molar refractivity (Wildman–Crippen MR) is 86.6 cm³/mol. The lowest BCUT2D eigenvalue weighted by molar-refractivity contribution is 0.618. The van der Waals surface area contributed by atoms with Crippen molar-refractivity contribution in [2.24, 2.45) is 5.73 Å². The van der Waals surface area contributed by atoms with Crippen molar-refractivity contribution in [2.75, 3.05) is 0 Å². The maximum absolute atomic E-state index is 13.2. The monoisotopic (exact) mass is 449 g/mol. The van der Waals surface area contributed by atoms with Crippen LogP contribution in [0.3, 0.4) is 0 Å². The standard InChI is InChI=1S/C14H11Br3FN/c15-10-5-9(6-11(16)7-10)14(19)4-8-1-2-13(18)12(17)3-8/h1-3,5-7,14H,4,19H2. The molecular formula is C14H11Br3FN. The summed E-state index contributed by atoms with van der Waals surface area (Å²) in [7, 11) is 0. The topological polar surface area (TPSA) is 26.0 Å². The summed E-state index contributed by atoms with van der Waals surface area (Å²) in [6.45, 7) is 0. The van der Waals surface area contributed by atoms with Gasteiger partial charge < -0.3 is 5.73 Å². The number of nitrogens with two attached hydrogens (primary N) is 1. The SMILES string of the molecule is NC(Cc1ccc(F)c(Br)c1)c1cc(Br)cc(Br)c1. The van der Waals surface area contributed by atoms with Crippen LogP contribution in [-0.4, -0.2) is 0 Å². The Bertz CT molecular complexity index is 581. The van der Waals surface area contributed by atoms with Crippen LogP contribution in [0.15, 0.2) is 49.8 Å². The first-order valence-corrected chi connectivity index (χ1v) is 7.99. The van der Waals surface area contributed by atoms with Crippen molar-refractivity contribution < 1.29 is 4.39 Å². The fraction of sp³-hybridized carbons (Fsp3) is 0.143. The third kappa shape index (κ3) is 4.12. The van der Waals surface area contributed by atoms with Gasteiger partial charge in [0.2, 0.25) is 0 Å². The van der Waals surface area contributed by atoms with Crippen LogP contribution in [0, 0.1) is 5.82 Å². The zero-order chi connectivity index (χ0) is 14.0. The first-order chi connectivity index (χ1) is 8.95. The van der Waals surface area contributed by atoms with Crippen molar-refractivity contribution in [3.05, 3.63) is 66.8 Å². The van der Waals surface area contributed by atoms with E-state index in [1.165, 1.54) is 6.07 Å². The van der Waals surface area contributed by atoms with E-state index in [-0.39, 0.29) is 11.9 Å². The lowest BCUT2D eigenvalue weighted by Gasteiger charge is -2.13. The molecule has 0 fully saturated rings. The van der Waals surface area contributed by atoms with Crippen LogP contribution in [-0.2, 0) is 6.42 Å². The van der Waals surface area contributed by atoms with Crippen molar-refractivity contribution in [1.29, 1.82) is 0 Å². The zero-order valence-electron chi connectivity index (χ0n) is 9.84. The first-order valence-electron chi connectivity index (χ1n) is 5.61. The molecule has 0 bridgehead atoms. The Hall–Kier alpha value is -0.230. The van der Waals surface area contributed by atoms with Gasteiger partial charge in [0, 0.05) is 15.0 Å². The predicted octanol–water partition coefficient (Wildman–Crippen LogP) is 5.36. The summed E-state index contributed by atoms with van der Waals surface area (Å²) < 4.78 is 15.6. The highest BCUT2D eigenvalue weighted by atomic mass is 79.9. The quantitative estimate of drug-likeness (QED) is 0.668. The average Bonchev–Trinajstić information content (AvgIpc) is 2.32. The highest BCUT2D eigenvalue weighted by Gasteiger charge is 2.10. The van der Waals surface area contributed by atoms with Gasteiger partial charge in [0.25, 0.3) is 0 Å². The van der Waals surface area contributed by atoms with E-state index >= 15 is 0 Å². The van der Waals surface area contributed by atoms with E-state index in [9.17, 15) is 4.39 Å². The van der Waals surface area contributed by atoms with Gasteiger partial charge in [-0.25, -0.2) is 4.39 Å². The third-order valence-electron chi connectivity index (χ3n) is 2.75. The minimum Gasteiger partial charge on any atom is -0.324 e. The average molecular weight is 452 g/mol. The van der Waals surface area contributed by atoms with Crippen LogP contribution in [0.5, 0.6) is 0 Å². The first kappa shape index (κ1) is 15.2. The summed E-state index contributed by atoms with van der Waals surface area (Å²) in [4.78, 5) is 0. The lowest BCUT2D eigenvalue weighted by Crippen LogP contribution is -2.13. The number of halogens is 4. The van der Waals surface area contributed by atoms with Gasteiger partial charge >= 0.3 is 0 Å². The molecule has 1 nitrogen and oxygen atoms in total. The molecule has 2 rings (SSSR count). The molecule has 1 atom stereocenters. The number of hydrogen-bond donors (Lipinski definition) is 1. The molecule has 0 aliphatic heterocycles. The number of rotatable bonds is 3. The highest BCUT2D eigenvalue weighted by molar-refractivity contribution is 9.11. The molecule has 2 N–H and O–H groups in total. The van der Waals surface area contributed by atoms with Crippen LogP contribution in [0.4, 0.5) is 4.39 Å². The largest absolute Gasteiger partial charge is 0.324 e. The van der Waals surface area contributed by atoms with Crippen LogP contribution in [0.2, 0.25) is 0 Å². The van der Waals surface area contributed by atoms with Crippen LogP contribution < -0.4 is 5.73 Å². The molecule has 0 saturated heterocycles. The zero-order valence-corrected chi connectivity index (χ0v) is 14.6. The smallest absolute Gasteiger partial charge is 0.137 e. The van der Waals surface area contributed by atoms with Crippen molar-refractivity contribution in [1.82, 2.24) is 0 Å². The van der Waals surface area contributed by atoms with Gasteiger partial charge in [0.05, 0.1) is 4.47 Å². The molecule has 0 aromatic heterocycles. The number of benzene rings is 2. The maximum atomic E-state index is 13.2. The second kappa shape index (κ2) is 6.48. The minimum atomic E-state index is -0.262. The fourth-order valence-corrected chi connectivity index (χ4v) is 3.58. The summed E-state index contributed by atoms with van der Waals surface area (Å²) in [6.07, 6.45) is 0.655. The second-order valence-corrected chi connectivity index (χ2v) is 6.95. The Morgan fingerprint density at radius 3 is 2.21 bits per heavy atom. The number of hydrogen-bond acceptors (Lipinski definition) is 1. The minimum absolute atomic E-state index is 0.133. The van der Waals surface area contributed by atoms with E-state index in [1.54, 1.807) is 12.1 Å². The Morgan fingerprint density at radius 1 is 1.00 bits per heavy atom. The van der Waals surface area contributed by atoms with Gasteiger partial charge in [-0.05, 0) is 63.8 Å². The Kier molecular flexibility index (Phi) is 5.17. The third-order valence-corrected chi connectivity index (χ3v) is 4.28. The molecule has 5 heteroatoms. The van der Waals surface area contributed by atoms with E-state index in [0.29, 0.717) is 10.9 Å². The van der Waals surface area contributed by atoms with Gasteiger partial charge in [-0.3, -0.25) is 0 Å². The summed E-state index contributed by atoms with van der Waals surface area (Å²) in [6, 6.07) is 10.8. The molecule has 19 heavy (non-hydrogen) atoms. The van der Waals surface area contributed by atoms with Gasteiger partial charge in [0.15, 0.2) is 0 Å². The molecular weight excluding hydrogens is 441 g/mol. The molecule has 2 aromatic carbocycles. The highest BCUT2D eigenvalue weighted by Crippen LogP contribution is 2.26. The van der Waals surface area contributed by atoms with Crippen LogP contribution in [0.1, 0.15) is 17.2 Å². The summed E-state index contributed by atoms with van der Waals surface area (Å²) in [5.41, 5.74) is 8.23. The summed E-state index contributed by atoms with van der Waals surface area (Å²) >= 11 is 10.1. The molecule has 0 radical (unpaired) electrons. The second-order valence-electron chi connectivity index (χ2n) is 4.26. The fourth-order valence-electron chi connectivity index (χ4n) is 1.83. The molecule has 0 aliphatic carbocycles.